The standard InChI is InChI=1S/C14H17NO2/c1-4-13-10(3)11(6-7-12(13)9-15)8-14(16)17-5-2/h6-7H,4-5,8H2,1-3H3. The molecule has 0 aliphatic carbocycles. The lowest BCUT2D eigenvalue weighted by atomic mass is 9.94. The Bertz CT molecular complexity index is 458. The number of carbonyl (C=O) groups excluding carboxylic acids is 1. The molecule has 0 saturated heterocycles. The van der Waals surface area contributed by atoms with E-state index in [4.69, 9.17) is 10.00 Å². The zero-order chi connectivity index (χ0) is 12.8. The molecule has 0 fully saturated rings. The second-order valence-electron chi connectivity index (χ2n) is 3.82. The monoisotopic (exact) mass is 231 g/mol. The summed E-state index contributed by atoms with van der Waals surface area (Å²) < 4.78 is 4.93. The van der Waals surface area contributed by atoms with Crippen LogP contribution in [0.15, 0.2) is 12.1 Å². The van der Waals surface area contributed by atoms with Crippen molar-refractivity contribution in [3.8, 4) is 6.07 Å². The van der Waals surface area contributed by atoms with Gasteiger partial charge in [0.15, 0.2) is 0 Å². The van der Waals surface area contributed by atoms with E-state index in [1.54, 1.807) is 13.0 Å². The molecule has 0 aliphatic heterocycles. The molecule has 1 rings (SSSR count). The predicted molar refractivity (Wildman–Crippen MR) is 65.6 cm³/mol. The van der Waals surface area contributed by atoms with E-state index >= 15 is 0 Å². The fourth-order valence-electron chi connectivity index (χ4n) is 1.92. The van der Waals surface area contributed by atoms with Crippen molar-refractivity contribution in [3.05, 3.63) is 34.4 Å². The number of rotatable bonds is 4. The zero-order valence-corrected chi connectivity index (χ0v) is 10.5. The first-order valence-corrected chi connectivity index (χ1v) is 5.81. The Balaban J connectivity index is 3.03. The number of esters is 1. The van der Waals surface area contributed by atoms with Gasteiger partial charge in [-0.25, -0.2) is 0 Å². The van der Waals surface area contributed by atoms with Gasteiger partial charge in [-0.2, -0.15) is 5.26 Å². The first-order chi connectivity index (χ1) is 8.13. The second-order valence-corrected chi connectivity index (χ2v) is 3.82. The summed E-state index contributed by atoms with van der Waals surface area (Å²) in [4.78, 5) is 11.4. The normalized spacial score (nSPS) is 9.76. The van der Waals surface area contributed by atoms with E-state index < -0.39 is 0 Å². The number of nitriles is 1. The van der Waals surface area contributed by atoms with Gasteiger partial charge in [-0.1, -0.05) is 13.0 Å². The average molecular weight is 231 g/mol. The van der Waals surface area contributed by atoms with Crippen LogP contribution >= 0.6 is 0 Å². The van der Waals surface area contributed by atoms with Crippen molar-refractivity contribution in [2.24, 2.45) is 0 Å². The molecule has 3 nitrogen and oxygen atoms in total. The van der Waals surface area contributed by atoms with Crippen LogP contribution in [0.3, 0.4) is 0 Å². The van der Waals surface area contributed by atoms with Gasteiger partial charge < -0.3 is 4.74 Å². The summed E-state index contributed by atoms with van der Waals surface area (Å²) in [6.45, 7) is 6.15. The van der Waals surface area contributed by atoms with E-state index in [2.05, 4.69) is 6.07 Å². The van der Waals surface area contributed by atoms with Gasteiger partial charge in [0.25, 0.3) is 0 Å². The third-order valence-electron chi connectivity index (χ3n) is 2.82. The van der Waals surface area contributed by atoms with Gasteiger partial charge in [-0.3, -0.25) is 4.79 Å². The van der Waals surface area contributed by atoms with Gasteiger partial charge in [0.2, 0.25) is 0 Å². The fraction of sp³-hybridized carbons (Fsp3) is 0.429. The lowest BCUT2D eigenvalue weighted by molar-refractivity contribution is -0.142. The molecule has 0 aromatic heterocycles. The van der Waals surface area contributed by atoms with Gasteiger partial charge >= 0.3 is 5.97 Å². The van der Waals surface area contributed by atoms with Gasteiger partial charge in [0, 0.05) is 0 Å². The first-order valence-electron chi connectivity index (χ1n) is 5.81. The van der Waals surface area contributed by atoms with Crippen molar-refractivity contribution in [1.29, 1.82) is 5.26 Å². The molecule has 0 bridgehead atoms. The molecular formula is C14H17NO2. The van der Waals surface area contributed by atoms with Gasteiger partial charge in [0.1, 0.15) is 0 Å². The summed E-state index contributed by atoms with van der Waals surface area (Å²) >= 11 is 0. The van der Waals surface area contributed by atoms with Crippen molar-refractivity contribution in [1.82, 2.24) is 0 Å². The van der Waals surface area contributed by atoms with Crippen LogP contribution in [0.5, 0.6) is 0 Å². The van der Waals surface area contributed by atoms with Crippen LogP contribution in [0.2, 0.25) is 0 Å². The summed E-state index contributed by atoms with van der Waals surface area (Å²) in [6, 6.07) is 5.79. The molecule has 1 aromatic carbocycles. The second kappa shape index (κ2) is 6.05. The number of hydrogen-bond acceptors (Lipinski definition) is 3. The molecule has 17 heavy (non-hydrogen) atoms. The van der Waals surface area contributed by atoms with Crippen molar-refractivity contribution in [3.63, 3.8) is 0 Å². The molecule has 0 radical (unpaired) electrons. The highest BCUT2D eigenvalue weighted by atomic mass is 16.5. The van der Waals surface area contributed by atoms with Crippen molar-refractivity contribution >= 4 is 5.97 Å². The molecule has 90 valence electrons. The molecule has 0 amide bonds. The van der Waals surface area contributed by atoms with E-state index in [0.717, 1.165) is 23.1 Å². The lowest BCUT2D eigenvalue weighted by Crippen LogP contribution is -2.09. The van der Waals surface area contributed by atoms with Crippen LogP contribution in [0.25, 0.3) is 0 Å². The van der Waals surface area contributed by atoms with Gasteiger partial charge in [-0.15, -0.1) is 0 Å². The molecule has 0 heterocycles. The largest absolute Gasteiger partial charge is 0.466 e. The summed E-state index contributed by atoms with van der Waals surface area (Å²) in [5.74, 6) is -0.220. The summed E-state index contributed by atoms with van der Waals surface area (Å²) in [7, 11) is 0. The van der Waals surface area contributed by atoms with E-state index in [0.29, 0.717) is 12.2 Å². The Morgan fingerprint density at radius 3 is 2.65 bits per heavy atom. The smallest absolute Gasteiger partial charge is 0.310 e. The zero-order valence-electron chi connectivity index (χ0n) is 10.5. The predicted octanol–water partition coefficient (Wildman–Crippen LogP) is 2.53. The summed E-state index contributed by atoms with van der Waals surface area (Å²) in [5, 5.41) is 8.99. The van der Waals surface area contributed by atoms with Crippen molar-refractivity contribution in [2.75, 3.05) is 6.61 Å². The molecule has 0 N–H and O–H groups in total. The maximum absolute atomic E-state index is 11.4. The van der Waals surface area contributed by atoms with Crippen LogP contribution in [0.1, 0.15) is 36.1 Å². The van der Waals surface area contributed by atoms with E-state index in [-0.39, 0.29) is 12.4 Å². The molecular weight excluding hydrogens is 214 g/mol. The molecule has 3 heteroatoms. The van der Waals surface area contributed by atoms with Crippen molar-refractivity contribution < 1.29 is 9.53 Å². The van der Waals surface area contributed by atoms with Crippen LogP contribution in [-0.2, 0) is 22.4 Å². The minimum Gasteiger partial charge on any atom is -0.466 e. The fourth-order valence-corrected chi connectivity index (χ4v) is 1.92. The van der Waals surface area contributed by atoms with Crippen LogP contribution in [-0.4, -0.2) is 12.6 Å². The number of carbonyl (C=O) groups is 1. The molecule has 0 unspecified atom stereocenters. The first kappa shape index (κ1) is 13.2. The Morgan fingerprint density at radius 1 is 1.41 bits per heavy atom. The maximum Gasteiger partial charge on any atom is 0.310 e. The topological polar surface area (TPSA) is 50.1 Å². The molecule has 0 spiro atoms. The maximum atomic E-state index is 11.4. The number of benzene rings is 1. The summed E-state index contributed by atoms with van der Waals surface area (Å²) in [5.41, 5.74) is 3.69. The van der Waals surface area contributed by atoms with Crippen LogP contribution in [0.4, 0.5) is 0 Å². The number of ether oxygens (including phenoxy) is 1. The highest BCUT2D eigenvalue weighted by Crippen LogP contribution is 2.19. The van der Waals surface area contributed by atoms with Gasteiger partial charge in [0.05, 0.1) is 24.7 Å². The molecule has 0 atom stereocenters. The number of nitrogens with zero attached hydrogens (tertiary/aromatic N) is 1. The average Bonchev–Trinajstić information content (AvgIpc) is 2.31. The van der Waals surface area contributed by atoms with Crippen LogP contribution in [0, 0.1) is 18.3 Å². The Hall–Kier alpha value is -1.82. The van der Waals surface area contributed by atoms with Crippen LogP contribution < -0.4 is 0 Å². The van der Waals surface area contributed by atoms with Crippen molar-refractivity contribution in [2.45, 2.75) is 33.6 Å². The highest BCUT2D eigenvalue weighted by Gasteiger charge is 2.11. The SMILES string of the molecule is CCOC(=O)Cc1ccc(C#N)c(CC)c1C. The Morgan fingerprint density at radius 2 is 2.12 bits per heavy atom. The quantitative estimate of drug-likeness (QED) is 0.748. The third kappa shape index (κ3) is 3.07. The Kier molecular flexibility index (Phi) is 4.71. The molecule has 0 saturated carbocycles. The van der Waals surface area contributed by atoms with Gasteiger partial charge in [-0.05, 0) is 43.0 Å². The summed E-state index contributed by atoms with van der Waals surface area (Å²) in [6.07, 6.45) is 1.07. The minimum atomic E-state index is -0.220. The minimum absolute atomic E-state index is 0.220. The molecule has 0 aliphatic rings. The van der Waals surface area contributed by atoms with E-state index in [9.17, 15) is 4.79 Å². The number of hydrogen-bond donors (Lipinski definition) is 0. The highest BCUT2D eigenvalue weighted by molar-refractivity contribution is 5.73. The molecule has 1 aromatic rings. The third-order valence-corrected chi connectivity index (χ3v) is 2.82. The van der Waals surface area contributed by atoms with E-state index in [1.165, 1.54) is 0 Å². The Labute approximate surface area is 102 Å². The lowest BCUT2D eigenvalue weighted by Gasteiger charge is -2.11. The van der Waals surface area contributed by atoms with E-state index in [1.807, 2.05) is 19.9 Å².